The van der Waals surface area contributed by atoms with Crippen LogP contribution in [-0.2, 0) is 10.2 Å². The van der Waals surface area contributed by atoms with E-state index in [0.717, 1.165) is 54.9 Å². The van der Waals surface area contributed by atoms with Crippen molar-refractivity contribution in [2.24, 2.45) is 5.92 Å². The quantitative estimate of drug-likeness (QED) is 0.830. The lowest BCUT2D eigenvalue weighted by Gasteiger charge is -2.25. The number of ether oxygens (including phenoxy) is 2. The molecule has 0 bridgehead atoms. The first-order valence-electron chi connectivity index (χ1n) is 10.1. The first kappa shape index (κ1) is 17.4. The molecule has 144 valence electrons. The van der Waals surface area contributed by atoms with Gasteiger partial charge in [0.15, 0.2) is 11.5 Å². The summed E-state index contributed by atoms with van der Waals surface area (Å²) in [6.45, 7) is 2.38. The Labute approximate surface area is 165 Å². The Balaban J connectivity index is 1.36. The van der Waals surface area contributed by atoms with Gasteiger partial charge < -0.3 is 14.8 Å². The molecule has 0 radical (unpaired) electrons. The van der Waals surface area contributed by atoms with Crippen molar-refractivity contribution in [2.45, 2.75) is 44.4 Å². The van der Waals surface area contributed by atoms with Gasteiger partial charge in [0.25, 0.3) is 0 Å². The van der Waals surface area contributed by atoms with Crippen molar-refractivity contribution in [3.63, 3.8) is 0 Å². The van der Waals surface area contributed by atoms with Crippen molar-refractivity contribution in [3.05, 3.63) is 71.0 Å². The van der Waals surface area contributed by atoms with Gasteiger partial charge in [0, 0.05) is 11.6 Å². The SMILES string of the molecule is CC1=C(NC(=O)C2(c3ccc4c(c3)OCO4)CC2)C=C(C2C=CC=CC2)CC1. The van der Waals surface area contributed by atoms with Crippen molar-refractivity contribution >= 4 is 5.91 Å². The maximum Gasteiger partial charge on any atom is 0.235 e. The average molecular weight is 375 g/mol. The summed E-state index contributed by atoms with van der Waals surface area (Å²) < 4.78 is 10.9. The van der Waals surface area contributed by atoms with Gasteiger partial charge in [0.05, 0.1) is 5.41 Å². The second kappa shape index (κ2) is 6.69. The molecule has 28 heavy (non-hydrogen) atoms. The van der Waals surface area contributed by atoms with Crippen molar-refractivity contribution < 1.29 is 14.3 Å². The molecule has 3 aliphatic carbocycles. The zero-order valence-electron chi connectivity index (χ0n) is 16.2. The number of carbonyl (C=O) groups excluding carboxylic acids is 1. The number of benzene rings is 1. The van der Waals surface area contributed by atoms with Gasteiger partial charge in [-0.25, -0.2) is 0 Å². The molecule has 1 aromatic carbocycles. The molecule has 0 saturated heterocycles. The molecule has 1 aliphatic heterocycles. The van der Waals surface area contributed by atoms with Crippen LogP contribution >= 0.6 is 0 Å². The normalized spacial score (nSPS) is 24.2. The van der Waals surface area contributed by atoms with Gasteiger partial charge in [-0.2, -0.15) is 0 Å². The third-order valence-electron chi connectivity index (χ3n) is 6.39. The Hall–Kier alpha value is -2.75. The van der Waals surface area contributed by atoms with Crippen LogP contribution in [0.15, 0.2) is 65.4 Å². The standard InChI is InChI=1S/C24H25NO3/c1-16-7-8-18(17-5-3-2-4-6-17)13-20(16)25-23(26)24(11-12-24)19-9-10-21-22(14-19)28-15-27-21/h2-5,9-10,13-14,17H,6-8,11-12,15H2,1H3,(H,25,26). The highest BCUT2D eigenvalue weighted by molar-refractivity contribution is 5.93. The van der Waals surface area contributed by atoms with Crippen molar-refractivity contribution in [3.8, 4) is 11.5 Å². The largest absolute Gasteiger partial charge is 0.454 e. The molecule has 0 aromatic heterocycles. The minimum atomic E-state index is -0.437. The fraction of sp³-hybridized carbons (Fsp3) is 0.375. The topological polar surface area (TPSA) is 47.6 Å². The summed E-state index contributed by atoms with van der Waals surface area (Å²) in [6.07, 6.45) is 15.8. The molecular weight excluding hydrogens is 350 g/mol. The van der Waals surface area contributed by atoms with Crippen LogP contribution in [0.3, 0.4) is 0 Å². The van der Waals surface area contributed by atoms with Gasteiger partial charge in [-0.15, -0.1) is 0 Å². The molecule has 1 saturated carbocycles. The van der Waals surface area contributed by atoms with Gasteiger partial charge >= 0.3 is 0 Å². The molecule has 1 unspecified atom stereocenters. The molecule has 1 amide bonds. The molecule has 0 spiro atoms. The van der Waals surface area contributed by atoms with Crippen LogP contribution in [0.1, 0.15) is 44.6 Å². The fourth-order valence-corrected chi connectivity index (χ4v) is 4.35. The Kier molecular flexibility index (Phi) is 4.15. The molecule has 1 fully saturated rings. The fourth-order valence-electron chi connectivity index (χ4n) is 4.35. The van der Waals surface area contributed by atoms with E-state index in [-0.39, 0.29) is 12.7 Å². The van der Waals surface area contributed by atoms with E-state index in [9.17, 15) is 4.79 Å². The zero-order valence-corrected chi connectivity index (χ0v) is 16.2. The summed E-state index contributed by atoms with van der Waals surface area (Å²) in [6, 6.07) is 5.89. The highest BCUT2D eigenvalue weighted by Crippen LogP contribution is 2.51. The summed E-state index contributed by atoms with van der Waals surface area (Å²) in [7, 11) is 0. The molecule has 4 nitrogen and oxygen atoms in total. The average Bonchev–Trinajstić information content (AvgIpc) is 3.41. The third kappa shape index (κ3) is 2.97. The molecular formula is C24H25NO3. The highest BCUT2D eigenvalue weighted by Gasteiger charge is 2.52. The van der Waals surface area contributed by atoms with Gasteiger partial charge in [0.2, 0.25) is 12.7 Å². The van der Waals surface area contributed by atoms with E-state index in [1.165, 1.54) is 11.1 Å². The summed E-state index contributed by atoms with van der Waals surface area (Å²) >= 11 is 0. The smallest absolute Gasteiger partial charge is 0.235 e. The predicted molar refractivity (Wildman–Crippen MR) is 108 cm³/mol. The Morgan fingerprint density at radius 1 is 1.14 bits per heavy atom. The predicted octanol–water partition coefficient (Wildman–Crippen LogP) is 4.69. The second-order valence-corrected chi connectivity index (χ2v) is 8.17. The van der Waals surface area contributed by atoms with E-state index in [0.29, 0.717) is 5.92 Å². The minimum Gasteiger partial charge on any atom is -0.454 e. The maximum absolute atomic E-state index is 13.3. The number of hydrogen-bond acceptors (Lipinski definition) is 3. The lowest BCUT2D eigenvalue weighted by Crippen LogP contribution is -2.35. The number of nitrogens with one attached hydrogen (secondary N) is 1. The molecule has 1 atom stereocenters. The molecule has 4 heteroatoms. The molecule has 1 heterocycles. The first-order valence-corrected chi connectivity index (χ1v) is 10.1. The number of hydrogen-bond donors (Lipinski definition) is 1. The Bertz CT molecular complexity index is 947. The summed E-state index contributed by atoms with van der Waals surface area (Å²) in [5, 5.41) is 3.26. The van der Waals surface area contributed by atoms with Gasteiger partial charge in [0.1, 0.15) is 0 Å². The van der Waals surface area contributed by atoms with Crippen molar-refractivity contribution in [1.29, 1.82) is 0 Å². The van der Waals surface area contributed by atoms with Crippen LogP contribution in [0.5, 0.6) is 11.5 Å². The van der Waals surface area contributed by atoms with Crippen LogP contribution in [-0.4, -0.2) is 12.7 Å². The summed E-state index contributed by atoms with van der Waals surface area (Å²) in [5.41, 5.74) is 4.24. The number of carbonyl (C=O) groups is 1. The van der Waals surface area contributed by atoms with Gasteiger partial charge in [-0.1, -0.05) is 35.9 Å². The Morgan fingerprint density at radius 3 is 2.79 bits per heavy atom. The Morgan fingerprint density at radius 2 is 2.00 bits per heavy atom. The summed E-state index contributed by atoms with van der Waals surface area (Å²) in [5.74, 6) is 2.04. The maximum atomic E-state index is 13.3. The van der Waals surface area contributed by atoms with Crippen LogP contribution in [0.2, 0.25) is 0 Å². The van der Waals surface area contributed by atoms with Crippen LogP contribution in [0.4, 0.5) is 0 Å². The van der Waals surface area contributed by atoms with Gasteiger partial charge in [-0.05, 0) is 68.4 Å². The van der Waals surface area contributed by atoms with E-state index in [1.807, 2.05) is 18.2 Å². The number of rotatable bonds is 4. The lowest BCUT2D eigenvalue weighted by atomic mass is 9.84. The van der Waals surface area contributed by atoms with E-state index in [2.05, 4.69) is 42.6 Å². The zero-order chi connectivity index (χ0) is 19.1. The number of allylic oxidation sites excluding steroid dienone is 7. The molecule has 1 aromatic rings. The highest BCUT2D eigenvalue weighted by atomic mass is 16.7. The van der Waals surface area contributed by atoms with E-state index in [1.54, 1.807) is 0 Å². The van der Waals surface area contributed by atoms with Crippen molar-refractivity contribution in [1.82, 2.24) is 5.32 Å². The van der Waals surface area contributed by atoms with E-state index in [4.69, 9.17) is 9.47 Å². The number of fused-ring (bicyclic) bond motifs is 1. The first-order chi connectivity index (χ1) is 13.7. The number of amides is 1. The summed E-state index contributed by atoms with van der Waals surface area (Å²) in [4.78, 5) is 13.3. The molecule has 5 rings (SSSR count). The lowest BCUT2D eigenvalue weighted by molar-refractivity contribution is -0.122. The van der Waals surface area contributed by atoms with E-state index >= 15 is 0 Å². The second-order valence-electron chi connectivity index (χ2n) is 8.17. The van der Waals surface area contributed by atoms with Crippen LogP contribution in [0.25, 0.3) is 0 Å². The minimum absolute atomic E-state index is 0.0947. The molecule has 4 aliphatic rings. The van der Waals surface area contributed by atoms with Gasteiger partial charge in [-0.3, -0.25) is 4.79 Å². The monoisotopic (exact) mass is 375 g/mol. The molecule has 1 N–H and O–H groups in total. The third-order valence-corrected chi connectivity index (χ3v) is 6.39. The van der Waals surface area contributed by atoms with Crippen LogP contribution in [0, 0.1) is 5.92 Å². The van der Waals surface area contributed by atoms with Crippen molar-refractivity contribution in [2.75, 3.05) is 6.79 Å². The van der Waals surface area contributed by atoms with Crippen LogP contribution < -0.4 is 14.8 Å². The van der Waals surface area contributed by atoms with E-state index < -0.39 is 5.41 Å².